The predicted molar refractivity (Wildman–Crippen MR) is 302 cm³/mol. The minimum Gasteiger partial charge on any atom is -0.294 e. The topological polar surface area (TPSA) is 35.6 Å². The Labute approximate surface area is 410 Å². The van der Waals surface area contributed by atoms with Gasteiger partial charge in [-0.2, -0.15) is 0 Å². The van der Waals surface area contributed by atoms with Gasteiger partial charge in [-0.15, -0.1) is 11.3 Å². The van der Waals surface area contributed by atoms with E-state index in [1.165, 1.54) is 95.6 Å². The fourth-order valence-corrected chi connectivity index (χ4v) is 13.3. The first-order valence-electron chi connectivity index (χ1n) is 24.2. The number of fused-ring (bicyclic) bond motifs is 20. The van der Waals surface area contributed by atoms with E-state index in [0.717, 1.165) is 50.4 Å². The summed E-state index contributed by atoms with van der Waals surface area (Å²) in [5, 5.41) is 20.2. The van der Waals surface area contributed by atoms with Crippen LogP contribution in [-0.4, -0.2) is 19.1 Å². The van der Waals surface area contributed by atoms with Gasteiger partial charge in [0.25, 0.3) is 0 Å². The second kappa shape index (κ2) is 14.7. The van der Waals surface area contributed by atoms with E-state index in [-0.39, 0.29) is 0 Å². The first kappa shape index (κ1) is 38.8. The molecule has 4 aromatic heterocycles. The van der Waals surface area contributed by atoms with Crippen LogP contribution >= 0.6 is 11.3 Å². The molecule has 0 amide bonds. The summed E-state index contributed by atoms with van der Waals surface area (Å²) in [6.45, 7) is 0. The molecule has 0 bridgehead atoms. The number of nitrogens with zero attached hydrogens (tertiary/aromatic N) is 4. The zero-order chi connectivity index (χ0) is 46.3. The van der Waals surface area contributed by atoms with Crippen LogP contribution in [-0.2, 0) is 0 Å². The largest absolute Gasteiger partial charge is 0.294 e. The average Bonchev–Trinajstić information content (AvgIpc) is 4.11. The number of thiophene rings is 1. The molecule has 16 aromatic rings. The number of para-hydroxylation sites is 4. The SMILES string of the molecule is c1cc(-c2ccc3c(c2)c2ccccc2c2cc4sc5c6ccccc6c6ccccc6c5c4cc32)cc(-c2nc(-n3c4ccccc4c4ccccc43)cc(-n3c4ccccc4c4ccccc43)n2)c1. The molecular formula is C66H38N4S. The molecule has 0 radical (unpaired) electrons. The molecule has 0 fully saturated rings. The fraction of sp³-hybridized carbons (Fsp3) is 0. The van der Waals surface area contributed by atoms with E-state index in [1.807, 2.05) is 11.3 Å². The molecule has 0 N–H and O–H groups in total. The van der Waals surface area contributed by atoms with E-state index >= 15 is 0 Å². The van der Waals surface area contributed by atoms with Gasteiger partial charge in [0.05, 0.1) is 22.1 Å². The molecular weight excluding hydrogens is 881 g/mol. The summed E-state index contributed by atoms with van der Waals surface area (Å²) < 4.78 is 7.27. The lowest BCUT2D eigenvalue weighted by Gasteiger charge is -2.15. The van der Waals surface area contributed by atoms with E-state index in [2.05, 4.69) is 240 Å². The normalized spacial score (nSPS) is 12.2. The number of hydrogen-bond donors (Lipinski definition) is 0. The molecule has 0 aliphatic carbocycles. The quantitative estimate of drug-likeness (QED) is 0.165. The molecule has 0 atom stereocenters. The van der Waals surface area contributed by atoms with Gasteiger partial charge in [-0.1, -0.05) is 176 Å². The van der Waals surface area contributed by atoms with Crippen LogP contribution in [0.4, 0.5) is 0 Å². The van der Waals surface area contributed by atoms with Gasteiger partial charge in [-0.3, -0.25) is 9.13 Å². The molecule has 328 valence electrons. The standard InChI is InChI=1S/C66H38N4S/c1-2-21-45-44(20-1)53-35-40(32-33-46(53)54-36-56-61(37-55(45)54)71-65-52-27-6-4-19-43(52)42-18-3-5-26-51(42)64(56)65)39-16-15-17-41(34-39)66-67-62(69-57-28-11-7-22-47(57)48-23-8-12-29-58(48)69)38-63(68-66)70-59-30-13-9-24-49(59)50-25-10-14-31-60(50)70/h1-38H. The first-order valence-corrected chi connectivity index (χ1v) is 25.0. The molecule has 0 spiro atoms. The smallest absolute Gasteiger partial charge is 0.163 e. The Morgan fingerprint density at radius 1 is 0.268 bits per heavy atom. The molecule has 4 heterocycles. The van der Waals surface area contributed by atoms with E-state index in [0.29, 0.717) is 5.82 Å². The zero-order valence-corrected chi connectivity index (χ0v) is 39.0. The van der Waals surface area contributed by atoms with Crippen LogP contribution in [0.3, 0.4) is 0 Å². The molecule has 5 heteroatoms. The van der Waals surface area contributed by atoms with Crippen molar-refractivity contribution in [2.45, 2.75) is 0 Å². The lowest BCUT2D eigenvalue weighted by atomic mass is 9.90. The maximum Gasteiger partial charge on any atom is 0.163 e. The van der Waals surface area contributed by atoms with E-state index in [4.69, 9.17) is 9.97 Å². The zero-order valence-electron chi connectivity index (χ0n) is 38.1. The third kappa shape index (κ3) is 5.55. The molecule has 71 heavy (non-hydrogen) atoms. The fourth-order valence-electron chi connectivity index (χ4n) is 12.0. The highest BCUT2D eigenvalue weighted by Gasteiger charge is 2.21. The Morgan fingerprint density at radius 2 is 0.676 bits per heavy atom. The Bertz CT molecular complexity index is 4720. The van der Waals surface area contributed by atoms with E-state index in [9.17, 15) is 0 Å². The third-order valence-corrected chi connectivity index (χ3v) is 16.3. The van der Waals surface area contributed by atoms with Crippen molar-refractivity contribution >= 4 is 129 Å². The average molecular weight is 919 g/mol. The Morgan fingerprint density at radius 3 is 1.24 bits per heavy atom. The van der Waals surface area contributed by atoms with E-state index < -0.39 is 0 Å². The summed E-state index contributed by atoms with van der Waals surface area (Å²) in [5.41, 5.74) is 7.61. The van der Waals surface area contributed by atoms with Gasteiger partial charge in [0.2, 0.25) is 0 Å². The summed E-state index contributed by atoms with van der Waals surface area (Å²) in [7, 11) is 0. The Kier molecular flexibility index (Phi) is 8.01. The van der Waals surface area contributed by atoms with Gasteiger partial charge >= 0.3 is 0 Å². The number of benzene rings is 12. The lowest BCUT2D eigenvalue weighted by molar-refractivity contribution is 0.994. The van der Waals surface area contributed by atoms with E-state index in [1.54, 1.807) is 0 Å². The molecule has 0 saturated carbocycles. The molecule has 0 aliphatic heterocycles. The minimum atomic E-state index is 0.660. The maximum atomic E-state index is 5.49. The first-order chi connectivity index (χ1) is 35.2. The summed E-state index contributed by atoms with van der Waals surface area (Å²) in [6, 6.07) is 84.2. The predicted octanol–water partition coefficient (Wildman–Crippen LogP) is 18.1. The molecule has 12 aromatic carbocycles. The summed E-state index contributed by atoms with van der Waals surface area (Å²) >= 11 is 1.92. The van der Waals surface area contributed by atoms with Crippen LogP contribution in [0, 0.1) is 0 Å². The van der Waals surface area contributed by atoms with Crippen LogP contribution in [0.1, 0.15) is 0 Å². The van der Waals surface area contributed by atoms with Crippen molar-refractivity contribution in [3.05, 3.63) is 231 Å². The van der Waals surface area contributed by atoms with Crippen LogP contribution in [0.15, 0.2) is 231 Å². The van der Waals surface area contributed by atoms with Crippen LogP contribution in [0.2, 0.25) is 0 Å². The molecule has 0 unspecified atom stereocenters. The van der Waals surface area contributed by atoms with Crippen molar-refractivity contribution in [1.82, 2.24) is 19.1 Å². The van der Waals surface area contributed by atoms with Gasteiger partial charge in [-0.05, 0) is 108 Å². The minimum absolute atomic E-state index is 0.660. The second-order valence-corrected chi connectivity index (χ2v) is 19.9. The van der Waals surface area contributed by atoms with Crippen molar-refractivity contribution in [3.8, 4) is 34.2 Å². The third-order valence-electron chi connectivity index (χ3n) is 15.1. The summed E-state index contributed by atoms with van der Waals surface area (Å²) in [5.74, 6) is 2.28. The number of rotatable bonds is 4. The van der Waals surface area contributed by atoms with Crippen molar-refractivity contribution < 1.29 is 0 Å². The lowest BCUT2D eigenvalue weighted by Crippen LogP contribution is -2.06. The maximum absolute atomic E-state index is 5.49. The Balaban J connectivity index is 0.912. The van der Waals surface area contributed by atoms with Crippen LogP contribution < -0.4 is 0 Å². The monoisotopic (exact) mass is 918 g/mol. The van der Waals surface area contributed by atoms with Gasteiger partial charge in [0.1, 0.15) is 11.6 Å². The molecule has 16 rings (SSSR count). The van der Waals surface area contributed by atoms with Crippen molar-refractivity contribution in [2.24, 2.45) is 0 Å². The summed E-state index contributed by atoms with van der Waals surface area (Å²) in [4.78, 5) is 11.0. The highest BCUT2D eigenvalue weighted by molar-refractivity contribution is 7.27. The van der Waals surface area contributed by atoms with Crippen LogP contribution in [0.25, 0.3) is 152 Å². The second-order valence-electron chi connectivity index (χ2n) is 18.8. The molecule has 4 nitrogen and oxygen atoms in total. The number of aromatic nitrogens is 4. The summed E-state index contributed by atoms with van der Waals surface area (Å²) in [6.07, 6.45) is 0. The highest BCUT2D eigenvalue weighted by Crippen LogP contribution is 2.47. The van der Waals surface area contributed by atoms with Gasteiger partial charge in [-0.25, -0.2) is 9.97 Å². The van der Waals surface area contributed by atoms with Gasteiger partial charge in [0, 0.05) is 58.7 Å². The molecule has 0 saturated heterocycles. The Hall–Kier alpha value is -9.16. The van der Waals surface area contributed by atoms with Gasteiger partial charge in [0.15, 0.2) is 5.82 Å². The highest BCUT2D eigenvalue weighted by atomic mass is 32.1. The number of hydrogen-bond acceptors (Lipinski definition) is 3. The van der Waals surface area contributed by atoms with Crippen LogP contribution in [0.5, 0.6) is 0 Å². The van der Waals surface area contributed by atoms with Crippen molar-refractivity contribution in [2.75, 3.05) is 0 Å². The molecule has 0 aliphatic rings. The van der Waals surface area contributed by atoms with Crippen molar-refractivity contribution in [1.29, 1.82) is 0 Å². The van der Waals surface area contributed by atoms with Crippen molar-refractivity contribution in [3.63, 3.8) is 0 Å². The van der Waals surface area contributed by atoms with Gasteiger partial charge < -0.3 is 0 Å².